The van der Waals surface area contributed by atoms with E-state index in [1.807, 2.05) is 11.6 Å². The lowest BCUT2D eigenvalue weighted by atomic mass is 10.3. The van der Waals surface area contributed by atoms with Crippen molar-refractivity contribution in [3.05, 3.63) is 0 Å². The van der Waals surface area contributed by atoms with Gasteiger partial charge in [0.2, 0.25) is 5.95 Å². The van der Waals surface area contributed by atoms with Gasteiger partial charge in [0.15, 0.2) is 5.16 Å². The van der Waals surface area contributed by atoms with Crippen LogP contribution in [-0.2, 0) is 7.05 Å². The molecule has 74 valence electrons. The fourth-order valence-corrected chi connectivity index (χ4v) is 2.13. The quantitative estimate of drug-likeness (QED) is 0.751. The summed E-state index contributed by atoms with van der Waals surface area (Å²) >= 11 is 1.72. The fourth-order valence-electron chi connectivity index (χ4n) is 1.07. The average Bonchev–Trinajstić information content (AvgIpc) is 2.37. The van der Waals surface area contributed by atoms with E-state index in [9.17, 15) is 0 Å². The van der Waals surface area contributed by atoms with Crippen LogP contribution < -0.4 is 5.73 Å². The van der Waals surface area contributed by atoms with E-state index < -0.39 is 0 Å². The van der Waals surface area contributed by atoms with Crippen LogP contribution in [0.4, 0.5) is 5.95 Å². The molecule has 5 heteroatoms. The number of nitrogens with two attached hydrogens (primary N) is 1. The molecule has 1 aromatic rings. The number of anilines is 1. The van der Waals surface area contributed by atoms with E-state index in [0.717, 1.165) is 5.16 Å². The average molecular weight is 200 g/mol. The molecule has 0 spiro atoms. The van der Waals surface area contributed by atoms with E-state index in [1.54, 1.807) is 11.8 Å². The normalized spacial score (nSPS) is 13.2. The van der Waals surface area contributed by atoms with E-state index in [2.05, 4.69) is 24.0 Å². The van der Waals surface area contributed by atoms with Crippen molar-refractivity contribution in [2.24, 2.45) is 7.05 Å². The van der Waals surface area contributed by atoms with E-state index in [-0.39, 0.29) is 0 Å². The first-order valence-corrected chi connectivity index (χ1v) is 5.34. The van der Waals surface area contributed by atoms with E-state index in [4.69, 9.17) is 5.73 Å². The van der Waals surface area contributed by atoms with Gasteiger partial charge in [0.1, 0.15) is 0 Å². The number of thioether (sulfide) groups is 1. The minimum absolute atomic E-state index is 0.478. The van der Waals surface area contributed by atoms with Crippen LogP contribution >= 0.6 is 11.8 Å². The van der Waals surface area contributed by atoms with Crippen molar-refractivity contribution in [3.63, 3.8) is 0 Å². The Balaban J connectivity index is 2.58. The third kappa shape index (κ3) is 2.62. The van der Waals surface area contributed by atoms with Gasteiger partial charge in [-0.25, -0.2) is 0 Å². The molecule has 0 radical (unpaired) electrons. The van der Waals surface area contributed by atoms with Crippen LogP contribution in [0.15, 0.2) is 5.16 Å². The van der Waals surface area contributed by atoms with Gasteiger partial charge in [-0.1, -0.05) is 32.0 Å². The van der Waals surface area contributed by atoms with Gasteiger partial charge in [0, 0.05) is 12.3 Å². The molecule has 1 heterocycles. The zero-order chi connectivity index (χ0) is 9.84. The van der Waals surface area contributed by atoms with Crippen LogP contribution in [0.1, 0.15) is 26.7 Å². The maximum atomic E-state index is 5.57. The van der Waals surface area contributed by atoms with Crippen molar-refractivity contribution in [1.82, 2.24) is 14.8 Å². The Morgan fingerprint density at radius 3 is 2.69 bits per heavy atom. The summed E-state index contributed by atoms with van der Waals surface area (Å²) in [6.45, 7) is 4.38. The first kappa shape index (κ1) is 10.4. The molecule has 0 saturated heterocycles. The molecular formula is C8H16N4S. The molecular weight excluding hydrogens is 184 g/mol. The van der Waals surface area contributed by atoms with Gasteiger partial charge in [-0.2, -0.15) is 0 Å². The molecule has 0 aromatic carbocycles. The SMILES string of the molecule is CCCC(C)Sc1nnc(N)n1C. The van der Waals surface area contributed by atoms with Crippen LogP contribution in [0.5, 0.6) is 0 Å². The Morgan fingerprint density at radius 2 is 2.23 bits per heavy atom. The summed E-state index contributed by atoms with van der Waals surface area (Å²) in [4.78, 5) is 0. The van der Waals surface area contributed by atoms with Crippen LogP contribution in [0.3, 0.4) is 0 Å². The summed E-state index contributed by atoms with van der Waals surface area (Å²) in [6, 6.07) is 0. The Labute approximate surface area is 82.9 Å². The van der Waals surface area contributed by atoms with Gasteiger partial charge in [-0.3, -0.25) is 4.57 Å². The zero-order valence-corrected chi connectivity index (χ0v) is 9.14. The van der Waals surface area contributed by atoms with Crippen molar-refractivity contribution in [1.29, 1.82) is 0 Å². The molecule has 0 amide bonds. The summed E-state index contributed by atoms with van der Waals surface area (Å²) in [5, 5.41) is 9.27. The van der Waals surface area contributed by atoms with Crippen LogP contribution in [0.25, 0.3) is 0 Å². The molecule has 13 heavy (non-hydrogen) atoms. The lowest BCUT2D eigenvalue weighted by Crippen LogP contribution is -2.01. The van der Waals surface area contributed by atoms with Gasteiger partial charge >= 0.3 is 0 Å². The topological polar surface area (TPSA) is 56.7 Å². The third-order valence-electron chi connectivity index (χ3n) is 1.87. The molecule has 1 rings (SSSR count). The van der Waals surface area contributed by atoms with Gasteiger partial charge in [0.25, 0.3) is 0 Å². The third-order valence-corrected chi connectivity index (χ3v) is 3.07. The number of hydrogen-bond donors (Lipinski definition) is 1. The highest BCUT2D eigenvalue weighted by Gasteiger charge is 2.10. The molecule has 0 fully saturated rings. The predicted molar refractivity (Wildman–Crippen MR) is 55.6 cm³/mol. The minimum atomic E-state index is 0.478. The van der Waals surface area contributed by atoms with Crippen molar-refractivity contribution in [2.75, 3.05) is 5.73 Å². The first-order chi connectivity index (χ1) is 6.15. The molecule has 4 nitrogen and oxygen atoms in total. The van der Waals surface area contributed by atoms with Gasteiger partial charge in [-0.05, 0) is 6.42 Å². The lowest BCUT2D eigenvalue weighted by molar-refractivity contribution is 0.760. The second-order valence-corrected chi connectivity index (χ2v) is 4.52. The molecule has 2 N–H and O–H groups in total. The summed E-state index contributed by atoms with van der Waals surface area (Å²) < 4.78 is 1.82. The number of nitrogens with zero attached hydrogens (tertiary/aromatic N) is 3. The highest BCUT2D eigenvalue weighted by molar-refractivity contribution is 7.99. The molecule has 0 saturated carbocycles. The molecule has 0 bridgehead atoms. The number of hydrogen-bond acceptors (Lipinski definition) is 4. The van der Waals surface area contributed by atoms with Gasteiger partial charge in [0.05, 0.1) is 0 Å². The number of aromatic nitrogens is 3. The Bertz CT molecular complexity index is 271. The van der Waals surface area contributed by atoms with Gasteiger partial charge in [-0.15, -0.1) is 10.2 Å². The minimum Gasteiger partial charge on any atom is -0.368 e. The molecule has 1 unspecified atom stereocenters. The van der Waals surface area contributed by atoms with E-state index in [0.29, 0.717) is 11.2 Å². The molecule has 0 aliphatic heterocycles. The van der Waals surface area contributed by atoms with Crippen molar-refractivity contribution >= 4 is 17.7 Å². The number of nitrogen functional groups attached to an aromatic ring is 1. The Morgan fingerprint density at radius 1 is 1.54 bits per heavy atom. The lowest BCUT2D eigenvalue weighted by Gasteiger charge is -2.07. The maximum Gasteiger partial charge on any atom is 0.222 e. The standard InChI is InChI=1S/C8H16N4S/c1-4-5-6(2)13-8-11-10-7(9)12(8)3/h6H,4-5H2,1-3H3,(H2,9,10). The van der Waals surface area contributed by atoms with E-state index >= 15 is 0 Å². The fraction of sp³-hybridized carbons (Fsp3) is 0.750. The predicted octanol–water partition coefficient (Wildman–Crippen LogP) is 1.68. The highest BCUT2D eigenvalue weighted by Crippen LogP contribution is 2.24. The first-order valence-electron chi connectivity index (χ1n) is 4.46. The Kier molecular flexibility index (Phi) is 3.59. The monoisotopic (exact) mass is 200 g/mol. The van der Waals surface area contributed by atoms with Crippen LogP contribution in [0.2, 0.25) is 0 Å². The Hall–Kier alpha value is -0.710. The smallest absolute Gasteiger partial charge is 0.222 e. The van der Waals surface area contributed by atoms with Crippen molar-refractivity contribution in [3.8, 4) is 0 Å². The summed E-state index contributed by atoms with van der Waals surface area (Å²) in [5.74, 6) is 0.478. The highest BCUT2D eigenvalue weighted by atomic mass is 32.2. The van der Waals surface area contributed by atoms with Crippen molar-refractivity contribution < 1.29 is 0 Å². The largest absolute Gasteiger partial charge is 0.368 e. The second-order valence-electron chi connectivity index (χ2n) is 3.12. The van der Waals surface area contributed by atoms with Gasteiger partial charge < -0.3 is 5.73 Å². The van der Waals surface area contributed by atoms with Crippen LogP contribution in [0, 0.1) is 0 Å². The summed E-state index contributed by atoms with van der Waals surface area (Å²) in [6.07, 6.45) is 2.39. The molecule has 0 aliphatic rings. The summed E-state index contributed by atoms with van der Waals surface area (Å²) in [7, 11) is 1.89. The second kappa shape index (κ2) is 4.50. The number of rotatable bonds is 4. The maximum absolute atomic E-state index is 5.57. The van der Waals surface area contributed by atoms with Crippen molar-refractivity contribution in [2.45, 2.75) is 37.1 Å². The van der Waals surface area contributed by atoms with E-state index in [1.165, 1.54) is 12.8 Å². The van der Waals surface area contributed by atoms with Crippen LogP contribution in [-0.4, -0.2) is 20.0 Å². The molecule has 1 atom stereocenters. The molecule has 0 aliphatic carbocycles. The molecule has 1 aromatic heterocycles. The zero-order valence-electron chi connectivity index (χ0n) is 8.32. The summed E-state index contributed by atoms with van der Waals surface area (Å²) in [5.41, 5.74) is 5.57.